The van der Waals surface area contributed by atoms with Gasteiger partial charge in [0, 0.05) is 63.0 Å². The molecule has 0 aromatic heterocycles. The summed E-state index contributed by atoms with van der Waals surface area (Å²) in [6.07, 6.45) is 9.63. The number of rotatable bonds is 3. The van der Waals surface area contributed by atoms with Gasteiger partial charge in [0.2, 0.25) is 0 Å². The highest BCUT2D eigenvalue weighted by Crippen LogP contribution is 2.70. The molecule has 0 aromatic rings. The second-order valence-electron chi connectivity index (χ2n) is 13.2. The van der Waals surface area contributed by atoms with Crippen LogP contribution in [0, 0.1) is 34.5 Å². The van der Waals surface area contributed by atoms with Gasteiger partial charge in [0.1, 0.15) is 12.7 Å². The molecule has 2 N–H and O–H groups in total. The average Bonchev–Trinajstić information content (AvgIpc) is 3.36. The predicted molar refractivity (Wildman–Crippen MR) is 135 cm³/mol. The van der Waals surface area contributed by atoms with Crippen molar-refractivity contribution < 1.29 is 24.2 Å². The topological polar surface area (TPSA) is 88.1 Å². The second kappa shape index (κ2) is 8.81. The molecule has 1 saturated heterocycles. The summed E-state index contributed by atoms with van der Waals surface area (Å²) in [7, 11) is 0. The van der Waals surface area contributed by atoms with Crippen LogP contribution < -0.4 is 5.32 Å². The molecule has 0 aromatic carbocycles. The highest BCUT2D eigenvalue weighted by molar-refractivity contribution is 5.85. The maximum absolute atomic E-state index is 12.6. The summed E-state index contributed by atoms with van der Waals surface area (Å²) in [5.74, 6) is 0.590. The zero-order valence-electron chi connectivity index (χ0n) is 22.3. The lowest BCUT2D eigenvalue weighted by molar-refractivity contribution is -0.206. The number of cyclic esters (lactones) is 1. The number of piperazine rings is 1. The summed E-state index contributed by atoms with van der Waals surface area (Å²) >= 11 is 0. The van der Waals surface area contributed by atoms with Gasteiger partial charge in [-0.15, -0.1) is 0 Å². The molecule has 7 nitrogen and oxygen atoms in total. The lowest BCUT2D eigenvalue weighted by atomic mass is 9.43. The van der Waals surface area contributed by atoms with Crippen LogP contribution in [-0.4, -0.2) is 72.5 Å². The van der Waals surface area contributed by atoms with Crippen LogP contribution >= 0.6 is 0 Å². The number of hydrogen-bond acceptors (Lipinski definition) is 7. The number of carbonyl (C=O) groups excluding carboxylic acids is 2. The lowest BCUT2D eigenvalue weighted by Crippen LogP contribution is -2.63. The smallest absolute Gasteiger partial charge is 0.331 e. The molecular formula is C29H44N2O5. The van der Waals surface area contributed by atoms with Crippen LogP contribution in [0.15, 0.2) is 11.6 Å². The largest absolute Gasteiger partial charge is 0.462 e. The molecule has 6 rings (SSSR count). The fourth-order valence-corrected chi connectivity index (χ4v) is 10.1. The molecule has 6 aliphatic rings. The van der Waals surface area contributed by atoms with Crippen LogP contribution in [0.25, 0.3) is 0 Å². The van der Waals surface area contributed by atoms with Crippen LogP contribution in [0.1, 0.15) is 72.1 Å². The van der Waals surface area contributed by atoms with E-state index in [9.17, 15) is 14.7 Å². The third-order valence-electron chi connectivity index (χ3n) is 11.9. The summed E-state index contributed by atoms with van der Waals surface area (Å²) in [6, 6.07) is 0.703. The monoisotopic (exact) mass is 500 g/mol. The van der Waals surface area contributed by atoms with Crippen molar-refractivity contribution in [2.24, 2.45) is 34.5 Å². The average molecular weight is 501 g/mol. The lowest BCUT2D eigenvalue weighted by Gasteiger charge is -2.64. The molecule has 2 heterocycles. The van der Waals surface area contributed by atoms with Crippen molar-refractivity contribution in [3.05, 3.63) is 11.6 Å². The number of carbonyl (C=O) groups is 2. The Morgan fingerprint density at radius 2 is 1.92 bits per heavy atom. The van der Waals surface area contributed by atoms with Crippen molar-refractivity contribution in [1.82, 2.24) is 10.2 Å². The molecule has 7 heteroatoms. The van der Waals surface area contributed by atoms with Gasteiger partial charge >= 0.3 is 11.9 Å². The first-order valence-electron chi connectivity index (χ1n) is 14.4. The molecule has 0 amide bonds. The van der Waals surface area contributed by atoms with E-state index >= 15 is 0 Å². The Morgan fingerprint density at radius 3 is 2.61 bits per heavy atom. The second-order valence-corrected chi connectivity index (χ2v) is 13.2. The zero-order chi connectivity index (χ0) is 25.3. The Labute approximate surface area is 215 Å². The maximum Gasteiger partial charge on any atom is 0.331 e. The van der Waals surface area contributed by atoms with Crippen LogP contribution in [0.2, 0.25) is 0 Å². The maximum atomic E-state index is 12.6. The van der Waals surface area contributed by atoms with Gasteiger partial charge < -0.3 is 19.9 Å². The van der Waals surface area contributed by atoms with Crippen molar-refractivity contribution in [3.8, 4) is 0 Å². The van der Waals surface area contributed by atoms with E-state index in [1.807, 2.05) is 0 Å². The Kier molecular flexibility index (Phi) is 6.08. The van der Waals surface area contributed by atoms with Gasteiger partial charge in [-0.05, 0) is 73.7 Å². The minimum absolute atomic E-state index is 0.173. The third kappa shape index (κ3) is 3.63. The first-order valence-corrected chi connectivity index (χ1v) is 14.4. The van der Waals surface area contributed by atoms with Gasteiger partial charge in [0.25, 0.3) is 0 Å². The molecular weight excluding hydrogens is 456 g/mol. The first-order chi connectivity index (χ1) is 17.2. The predicted octanol–water partition coefficient (Wildman–Crippen LogP) is 3.06. The van der Waals surface area contributed by atoms with Crippen molar-refractivity contribution in [1.29, 1.82) is 0 Å². The standard InChI is InChI=1S/C29H44N2O5/c1-18(32)36-24-16-29(34)23-5-4-20-15-21(31-12-10-30-11-13-31)6-8-27(20,2)22(23)7-9-28(29,3)26(24)19-14-25(33)35-17-19/h14,20-24,26,30,34H,4-13,15-17H2,1-3H3/t20-,21?,22+,23-,24+,26+,27+,28-,29+/m1/s1. The molecule has 4 saturated carbocycles. The van der Waals surface area contributed by atoms with E-state index in [2.05, 4.69) is 24.1 Å². The van der Waals surface area contributed by atoms with E-state index in [-0.39, 0.29) is 35.8 Å². The van der Waals surface area contributed by atoms with Crippen molar-refractivity contribution in [3.63, 3.8) is 0 Å². The first kappa shape index (κ1) is 24.9. The number of ether oxygens (including phenoxy) is 2. The highest BCUT2D eigenvalue weighted by Gasteiger charge is 2.71. The number of fused-ring (bicyclic) bond motifs is 5. The van der Waals surface area contributed by atoms with Gasteiger partial charge in [-0.1, -0.05) is 13.8 Å². The molecule has 0 bridgehead atoms. The normalized spacial score (nSPS) is 48.9. The van der Waals surface area contributed by atoms with E-state index < -0.39 is 17.1 Å². The quantitative estimate of drug-likeness (QED) is 0.576. The van der Waals surface area contributed by atoms with Gasteiger partial charge in [0.15, 0.2) is 0 Å². The van der Waals surface area contributed by atoms with E-state index in [1.165, 1.54) is 45.7 Å². The number of esters is 2. The Hall–Kier alpha value is -1.44. The highest BCUT2D eigenvalue weighted by atomic mass is 16.5. The van der Waals surface area contributed by atoms with E-state index in [1.54, 1.807) is 6.08 Å². The van der Waals surface area contributed by atoms with Crippen LogP contribution in [0.4, 0.5) is 0 Å². The molecule has 9 atom stereocenters. The van der Waals surface area contributed by atoms with Crippen LogP contribution in [0.3, 0.4) is 0 Å². The van der Waals surface area contributed by atoms with Gasteiger partial charge in [-0.25, -0.2) is 4.79 Å². The summed E-state index contributed by atoms with van der Waals surface area (Å²) < 4.78 is 11.1. The van der Waals surface area contributed by atoms with Crippen LogP contribution in [0.5, 0.6) is 0 Å². The van der Waals surface area contributed by atoms with Crippen molar-refractivity contribution in [2.45, 2.75) is 89.9 Å². The SMILES string of the molecule is CC(=O)O[C@H]1C[C@]2(O)[C@@H]3CC[C@@H]4CC(N5CCNCC5)CC[C@]4(C)[C@H]3CC[C@]2(C)[C@H]1C1=CC(=O)OC1. The third-order valence-corrected chi connectivity index (χ3v) is 11.9. The van der Waals surface area contributed by atoms with Crippen molar-refractivity contribution >= 4 is 11.9 Å². The van der Waals surface area contributed by atoms with Crippen LogP contribution in [-0.2, 0) is 19.1 Å². The number of nitrogens with one attached hydrogen (secondary N) is 1. The fraction of sp³-hybridized carbons (Fsp3) is 0.862. The van der Waals surface area contributed by atoms with Gasteiger partial charge in [0.05, 0.1) is 5.60 Å². The van der Waals surface area contributed by atoms with Gasteiger partial charge in [-0.3, -0.25) is 9.69 Å². The molecule has 0 spiro atoms. The van der Waals surface area contributed by atoms with E-state index in [0.717, 1.165) is 37.9 Å². The summed E-state index contributed by atoms with van der Waals surface area (Å²) in [5, 5.41) is 16.1. The molecule has 36 heavy (non-hydrogen) atoms. The molecule has 200 valence electrons. The number of aliphatic hydroxyl groups is 1. The van der Waals surface area contributed by atoms with Crippen molar-refractivity contribution in [2.75, 3.05) is 32.8 Å². The number of nitrogens with zero attached hydrogens (tertiary/aromatic N) is 1. The van der Waals surface area contributed by atoms with Gasteiger partial charge in [-0.2, -0.15) is 0 Å². The Bertz CT molecular complexity index is 946. The van der Waals surface area contributed by atoms with E-state index in [4.69, 9.17) is 9.47 Å². The minimum atomic E-state index is -0.906. The minimum Gasteiger partial charge on any atom is -0.462 e. The fourth-order valence-electron chi connectivity index (χ4n) is 10.1. The molecule has 5 fully saturated rings. The Balaban J connectivity index is 1.28. The molecule has 4 aliphatic carbocycles. The molecule has 0 radical (unpaired) electrons. The molecule has 1 unspecified atom stereocenters. The molecule has 2 aliphatic heterocycles. The van der Waals surface area contributed by atoms with E-state index in [0.29, 0.717) is 24.3 Å². The summed E-state index contributed by atoms with van der Waals surface area (Å²) in [5.41, 5.74) is -0.198. The zero-order valence-corrected chi connectivity index (χ0v) is 22.3. The summed E-state index contributed by atoms with van der Waals surface area (Å²) in [4.78, 5) is 26.8. The number of hydrogen-bond donors (Lipinski definition) is 2. The Morgan fingerprint density at radius 1 is 1.14 bits per heavy atom. The summed E-state index contributed by atoms with van der Waals surface area (Å²) in [6.45, 7) is 10.9.